The van der Waals surface area contributed by atoms with Crippen LogP contribution in [-0.2, 0) is 14.2 Å². The predicted octanol–water partition coefficient (Wildman–Crippen LogP) is 3.30. The zero-order valence-corrected chi connectivity index (χ0v) is 23.7. The Labute approximate surface area is 241 Å². The summed E-state index contributed by atoms with van der Waals surface area (Å²) in [6, 6.07) is 13.3. The third kappa shape index (κ3) is 5.79. The number of imide groups is 1. The summed E-state index contributed by atoms with van der Waals surface area (Å²) in [4.78, 5) is 28.8. The highest BCUT2D eigenvalue weighted by molar-refractivity contribution is 6.58. The number of aromatic hydroxyl groups is 1. The quantitative estimate of drug-likeness (QED) is 0.223. The van der Waals surface area contributed by atoms with Gasteiger partial charge in [0, 0.05) is 0 Å². The summed E-state index contributed by atoms with van der Waals surface area (Å²) in [5.74, 6) is -1.72. The molecule has 0 spiro atoms. The zero-order valence-electron chi connectivity index (χ0n) is 23.7. The molecule has 4 N–H and O–H groups in total. The van der Waals surface area contributed by atoms with Gasteiger partial charge in [0.2, 0.25) is 11.8 Å². The normalized spacial score (nSPS) is 24.7. The molecule has 0 unspecified atom stereocenters. The molecule has 10 heteroatoms. The van der Waals surface area contributed by atoms with Gasteiger partial charge in [-0.1, -0.05) is 62.3 Å². The molecule has 0 aromatic heterocycles. The lowest BCUT2D eigenvalue weighted by molar-refractivity contribution is -0.122. The molecule has 2 fully saturated rings. The summed E-state index contributed by atoms with van der Waals surface area (Å²) >= 11 is 0. The maximum absolute atomic E-state index is 13.9. The topological polar surface area (TPSA) is 128 Å². The molecule has 3 aliphatic rings. The van der Waals surface area contributed by atoms with Crippen LogP contribution in [0.2, 0.25) is 6.32 Å². The van der Waals surface area contributed by atoms with E-state index in [0.717, 1.165) is 29.6 Å². The number of phenols is 1. The van der Waals surface area contributed by atoms with E-state index in [0.29, 0.717) is 18.5 Å². The Balaban J connectivity index is 1.45. The van der Waals surface area contributed by atoms with Crippen LogP contribution in [0.5, 0.6) is 5.75 Å². The first kappa shape index (κ1) is 29.3. The number of hydrogen-bond donors (Lipinski definition) is 4. The molecule has 214 valence electrons. The second kappa shape index (κ2) is 12.0. The molecule has 0 saturated carbocycles. The maximum atomic E-state index is 13.9. The molecule has 2 saturated heterocycles. The molecule has 5 rings (SSSR count). The van der Waals surface area contributed by atoms with E-state index in [9.17, 15) is 29.8 Å². The Morgan fingerprint density at radius 3 is 2.51 bits per heavy atom. The second-order valence-corrected chi connectivity index (χ2v) is 11.7. The minimum absolute atomic E-state index is 0.137. The average molecular weight is 557 g/mol. The van der Waals surface area contributed by atoms with E-state index in [-0.39, 0.29) is 47.3 Å². The average Bonchev–Trinajstić information content (AvgIpc) is 3.20. The Morgan fingerprint density at radius 2 is 1.85 bits per heavy atom. The summed E-state index contributed by atoms with van der Waals surface area (Å²) in [7, 11) is -2.76. The van der Waals surface area contributed by atoms with E-state index in [2.05, 4.69) is 26.8 Å². The van der Waals surface area contributed by atoms with E-state index in [1.54, 1.807) is 24.3 Å². The fourth-order valence-electron chi connectivity index (χ4n) is 6.80. The van der Waals surface area contributed by atoms with Crippen molar-refractivity contribution in [3.8, 4) is 5.75 Å². The van der Waals surface area contributed by atoms with Crippen molar-refractivity contribution in [3.63, 3.8) is 0 Å². The molecule has 0 radical (unpaired) electrons. The van der Waals surface area contributed by atoms with Crippen molar-refractivity contribution < 1.29 is 34.4 Å². The number of carbonyl (C=O) groups is 2. The van der Waals surface area contributed by atoms with Crippen LogP contribution in [0.1, 0.15) is 52.0 Å². The van der Waals surface area contributed by atoms with Crippen LogP contribution in [0.4, 0.5) is 5.69 Å². The maximum Gasteiger partial charge on any atom is 0.488 e. The first-order chi connectivity index (χ1) is 19.6. The molecule has 2 aliphatic heterocycles. The van der Waals surface area contributed by atoms with Gasteiger partial charge in [-0.2, -0.15) is 0 Å². The number of benzene rings is 2. The van der Waals surface area contributed by atoms with Crippen molar-refractivity contribution >= 4 is 43.3 Å². The summed E-state index contributed by atoms with van der Waals surface area (Å²) in [6.07, 6.45) is 4.65. The molecule has 2 amide bonds. The Morgan fingerprint density at radius 1 is 1.12 bits per heavy atom. The molecule has 4 atom stereocenters. The molecule has 2 aromatic carbocycles. The lowest BCUT2D eigenvalue weighted by Crippen LogP contribution is -2.46. The van der Waals surface area contributed by atoms with E-state index in [1.165, 1.54) is 22.6 Å². The van der Waals surface area contributed by atoms with Crippen LogP contribution in [0.15, 0.2) is 65.3 Å². The van der Waals surface area contributed by atoms with Crippen molar-refractivity contribution in [1.29, 1.82) is 0 Å². The SMILES string of the molecule is CC/C(=C\c1ccc(O)cc1)CC[C@H]1OB(O)C[C@H]2C1=C(C(C)C)C[C@H]1C(=O)N(c3cccc(B(O)O)c3)C(=O)[C@H]12. The van der Waals surface area contributed by atoms with Gasteiger partial charge < -0.3 is 24.8 Å². The highest BCUT2D eigenvalue weighted by atomic mass is 16.5. The Bertz CT molecular complexity index is 1370. The third-order valence-electron chi connectivity index (χ3n) is 8.81. The first-order valence-corrected chi connectivity index (χ1v) is 14.5. The van der Waals surface area contributed by atoms with Gasteiger partial charge >= 0.3 is 14.2 Å². The summed E-state index contributed by atoms with van der Waals surface area (Å²) in [5.41, 5.74) is 4.90. The van der Waals surface area contributed by atoms with Gasteiger partial charge in [0.25, 0.3) is 0 Å². The number of carbonyl (C=O) groups excluding carboxylic acids is 2. The highest BCUT2D eigenvalue weighted by Gasteiger charge is 2.57. The minimum atomic E-state index is -1.71. The van der Waals surface area contributed by atoms with Crippen LogP contribution in [0.3, 0.4) is 0 Å². The number of phenolic OH excluding ortho intramolecular Hbond substituents is 1. The molecule has 0 bridgehead atoms. The predicted molar refractivity (Wildman–Crippen MR) is 159 cm³/mol. The van der Waals surface area contributed by atoms with E-state index in [4.69, 9.17) is 4.65 Å². The summed E-state index contributed by atoms with van der Waals surface area (Å²) in [6.45, 7) is 6.28. The van der Waals surface area contributed by atoms with Gasteiger partial charge in [-0.3, -0.25) is 14.5 Å². The molecule has 2 aromatic rings. The monoisotopic (exact) mass is 557 g/mol. The molecule has 8 nitrogen and oxygen atoms in total. The van der Waals surface area contributed by atoms with Gasteiger partial charge in [-0.05, 0) is 84.7 Å². The minimum Gasteiger partial charge on any atom is -0.508 e. The van der Waals surface area contributed by atoms with E-state index < -0.39 is 26.1 Å². The van der Waals surface area contributed by atoms with Crippen molar-refractivity contribution in [2.24, 2.45) is 23.7 Å². The van der Waals surface area contributed by atoms with Crippen molar-refractivity contribution in [2.45, 2.75) is 58.9 Å². The summed E-state index contributed by atoms with van der Waals surface area (Å²) in [5, 5.41) is 39.7. The van der Waals surface area contributed by atoms with Crippen LogP contribution >= 0.6 is 0 Å². The molecular formula is C31H37B2NO7. The fraction of sp³-hybridized carbons (Fsp3) is 0.419. The lowest BCUT2D eigenvalue weighted by Gasteiger charge is -2.44. The number of fused-ring (bicyclic) bond motifs is 3. The van der Waals surface area contributed by atoms with Gasteiger partial charge in [-0.25, -0.2) is 0 Å². The number of nitrogens with zero attached hydrogens (tertiary/aromatic N) is 1. The number of hydrogen-bond acceptors (Lipinski definition) is 7. The van der Waals surface area contributed by atoms with Gasteiger partial charge in [0.15, 0.2) is 0 Å². The third-order valence-corrected chi connectivity index (χ3v) is 8.81. The van der Waals surface area contributed by atoms with Crippen molar-refractivity contribution in [2.75, 3.05) is 4.90 Å². The van der Waals surface area contributed by atoms with Crippen molar-refractivity contribution in [1.82, 2.24) is 0 Å². The van der Waals surface area contributed by atoms with E-state index in [1.807, 2.05) is 12.1 Å². The Kier molecular flexibility index (Phi) is 8.57. The number of allylic oxidation sites excluding steroid dienone is 2. The Hall–Kier alpha value is -3.17. The van der Waals surface area contributed by atoms with Crippen LogP contribution in [0.25, 0.3) is 6.08 Å². The van der Waals surface area contributed by atoms with Gasteiger partial charge in [-0.15, -0.1) is 0 Å². The fourth-order valence-corrected chi connectivity index (χ4v) is 6.80. The smallest absolute Gasteiger partial charge is 0.488 e. The van der Waals surface area contributed by atoms with Gasteiger partial charge in [0.1, 0.15) is 5.75 Å². The standard InChI is InChI=1S/C31H37B2NO7/c1-4-19(14-20-8-11-23(35)12-9-20)10-13-27-28-24(18(2)3)16-25-29(26(28)17-32(38)41-27)31(37)34(30(25)36)22-7-5-6-21(15-22)33(39)40/h5-9,11-12,14-15,18,25-27,29,35,38-40H,4,10,13,16-17H2,1-3H3/b19-14+/t25-,26+,27-,29-/m1/s1. The van der Waals surface area contributed by atoms with Crippen LogP contribution in [0, 0.1) is 23.7 Å². The largest absolute Gasteiger partial charge is 0.508 e. The van der Waals surface area contributed by atoms with Gasteiger partial charge in [0.05, 0.1) is 23.6 Å². The molecule has 2 heterocycles. The van der Waals surface area contributed by atoms with Crippen LogP contribution < -0.4 is 10.4 Å². The number of rotatable bonds is 8. The molecular weight excluding hydrogens is 520 g/mol. The van der Waals surface area contributed by atoms with Crippen LogP contribution in [-0.4, -0.2) is 52.3 Å². The highest BCUT2D eigenvalue weighted by Crippen LogP contribution is 2.52. The zero-order chi connectivity index (χ0) is 29.4. The summed E-state index contributed by atoms with van der Waals surface area (Å²) < 4.78 is 6.13. The second-order valence-electron chi connectivity index (χ2n) is 11.7. The molecule has 1 aliphatic carbocycles. The number of amides is 2. The number of anilines is 1. The lowest BCUT2D eigenvalue weighted by atomic mass is 9.57. The first-order valence-electron chi connectivity index (χ1n) is 14.5. The van der Waals surface area contributed by atoms with Crippen molar-refractivity contribution in [3.05, 3.63) is 70.8 Å². The molecule has 41 heavy (non-hydrogen) atoms. The van der Waals surface area contributed by atoms with E-state index >= 15 is 0 Å².